The van der Waals surface area contributed by atoms with Gasteiger partial charge in [0, 0.05) is 31.9 Å². The number of rotatable bonds is 3. The quantitative estimate of drug-likeness (QED) is 0.531. The van der Waals surface area contributed by atoms with E-state index in [9.17, 15) is 0 Å². The van der Waals surface area contributed by atoms with Gasteiger partial charge in [0.15, 0.2) is 0 Å². The molecule has 2 aliphatic heterocycles. The normalized spacial score (nSPS) is 21.1. The third-order valence-corrected chi connectivity index (χ3v) is 6.04. The number of hydrogen-bond donors (Lipinski definition) is 0. The van der Waals surface area contributed by atoms with Crippen molar-refractivity contribution < 1.29 is 4.74 Å². The van der Waals surface area contributed by atoms with Crippen LogP contribution in [0.5, 0.6) is 0 Å². The summed E-state index contributed by atoms with van der Waals surface area (Å²) in [6, 6.07) is 30.5. The van der Waals surface area contributed by atoms with Gasteiger partial charge in [0.25, 0.3) is 0 Å². The van der Waals surface area contributed by atoms with Crippen molar-refractivity contribution in [2.45, 2.75) is 12.1 Å². The molecule has 0 spiro atoms. The van der Waals surface area contributed by atoms with Crippen LogP contribution in [0.2, 0.25) is 0 Å². The Hall–Kier alpha value is -2.04. The zero-order chi connectivity index (χ0) is 18.8. The average Bonchev–Trinajstić information content (AvgIpc) is 2.80. The van der Waals surface area contributed by atoms with Crippen LogP contribution in [0.15, 0.2) is 84.9 Å². The first kappa shape index (κ1) is 22.6. The van der Waals surface area contributed by atoms with Gasteiger partial charge in [-0.05, 0) is 28.8 Å². The highest BCUT2D eigenvalue weighted by atomic mass is 35.5. The number of hydrogen-bond acceptors (Lipinski definition) is 3. The van der Waals surface area contributed by atoms with Crippen LogP contribution in [-0.2, 0) is 4.74 Å². The summed E-state index contributed by atoms with van der Waals surface area (Å²) >= 11 is 0. The molecule has 0 aliphatic carbocycles. The zero-order valence-electron chi connectivity index (χ0n) is 16.9. The Morgan fingerprint density at radius 3 is 1.87 bits per heavy atom. The van der Waals surface area contributed by atoms with E-state index in [0.29, 0.717) is 6.04 Å². The first-order valence-corrected chi connectivity index (χ1v) is 10.2. The fourth-order valence-corrected chi connectivity index (χ4v) is 4.56. The van der Waals surface area contributed by atoms with Gasteiger partial charge in [-0.1, -0.05) is 72.8 Å². The van der Waals surface area contributed by atoms with Crippen LogP contribution in [0.1, 0.15) is 28.8 Å². The second-order valence-corrected chi connectivity index (χ2v) is 7.63. The molecular formula is C25H28Cl2N2O. The van der Waals surface area contributed by atoms with Crippen molar-refractivity contribution in [2.75, 3.05) is 37.7 Å². The Morgan fingerprint density at radius 1 is 0.633 bits per heavy atom. The molecule has 1 fully saturated rings. The molecule has 0 aromatic heterocycles. The van der Waals surface area contributed by atoms with Gasteiger partial charge in [-0.15, -0.1) is 24.8 Å². The highest BCUT2D eigenvalue weighted by Gasteiger charge is 2.33. The molecule has 3 nitrogen and oxygen atoms in total. The minimum atomic E-state index is 0. The molecule has 158 valence electrons. The Labute approximate surface area is 191 Å². The third-order valence-electron chi connectivity index (χ3n) is 6.04. The first-order chi connectivity index (χ1) is 13.9. The van der Waals surface area contributed by atoms with Gasteiger partial charge in [-0.2, -0.15) is 0 Å². The predicted molar refractivity (Wildman–Crippen MR) is 128 cm³/mol. The number of halogens is 2. The van der Waals surface area contributed by atoms with Gasteiger partial charge in [0.2, 0.25) is 0 Å². The highest BCUT2D eigenvalue weighted by molar-refractivity contribution is 5.85. The van der Waals surface area contributed by atoms with Crippen LogP contribution in [0.4, 0.5) is 5.69 Å². The minimum Gasteiger partial charge on any atom is -0.369 e. The monoisotopic (exact) mass is 442 g/mol. The maximum absolute atomic E-state index is 6.41. The Balaban J connectivity index is 0.00000128. The Bertz CT molecular complexity index is 915. The maximum atomic E-state index is 6.41. The molecule has 2 aliphatic rings. The van der Waals surface area contributed by atoms with Crippen molar-refractivity contribution in [3.05, 3.63) is 102 Å². The minimum absolute atomic E-state index is 0. The van der Waals surface area contributed by atoms with Crippen LogP contribution in [0.3, 0.4) is 0 Å². The molecule has 0 N–H and O–H groups in total. The topological polar surface area (TPSA) is 15.7 Å². The van der Waals surface area contributed by atoms with E-state index in [1.54, 1.807) is 0 Å². The Morgan fingerprint density at radius 2 is 1.20 bits per heavy atom. The van der Waals surface area contributed by atoms with E-state index < -0.39 is 0 Å². The molecule has 3 aromatic rings. The van der Waals surface area contributed by atoms with Crippen molar-refractivity contribution in [3.63, 3.8) is 0 Å². The third kappa shape index (κ3) is 4.50. The summed E-state index contributed by atoms with van der Waals surface area (Å²) in [5, 5.41) is 0. The van der Waals surface area contributed by atoms with E-state index in [2.05, 4.69) is 94.7 Å². The predicted octanol–water partition coefficient (Wildman–Crippen LogP) is 5.51. The van der Waals surface area contributed by atoms with E-state index in [1.165, 1.54) is 22.4 Å². The molecule has 2 heterocycles. The number of fused-ring (bicyclic) bond motifs is 1. The summed E-state index contributed by atoms with van der Waals surface area (Å²) in [4.78, 5) is 5.08. The van der Waals surface area contributed by atoms with Crippen molar-refractivity contribution in [1.82, 2.24) is 4.90 Å². The SMILES string of the molecule is Cl.Cl.c1ccc(C2OCC(N3CCN(c4ccccc4)CC3)c3ccccc32)cc1. The number of piperazine rings is 1. The van der Waals surface area contributed by atoms with Crippen molar-refractivity contribution in [2.24, 2.45) is 0 Å². The van der Waals surface area contributed by atoms with Gasteiger partial charge in [0.05, 0.1) is 12.6 Å². The van der Waals surface area contributed by atoms with E-state index >= 15 is 0 Å². The van der Waals surface area contributed by atoms with E-state index in [0.717, 1.165) is 32.8 Å². The summed E-state index contributed by atoms with van der Waals surface area (Å²) in [5.41, 5.74) is 5.31. The van der Waals surface area contributed by atoms with Gasteiger partial charge >= 0.3 is 0 Å². The first-order valence-electron chi connectivity index (χ1n) is 10.2. The molecule has 0 bridgehead atoms. The van der Waals surface area contributed by atoms with E-state index in [4.69, 9.17) is 4.74 Å². The molecule has 0 amide bonds. The molecule has 0 radical (unpaired) electrons. The summed E-state index contributed by atoms with van der Waals surface area (Å²) in [6.45, 7) is 5.00. The molecule has 5 heteroatoms. The summed E-state index contributed by atoms with van der Waals surface area (Å²) in [5.74, 6) is 0. The van der Waals surface area contributed by atoms with Gasteiger partial charge in [0.1, 0.15) is 6.10 Å². The van der Waals surface area contributed by atoms with Gasteiger partial charge in [-0.3, -0.25) is 4.90 Å². The molecule has 2 atom stereocenters. The molecule has 2 unspecified atom stereocenters. The van der Waals surface area contributed by atoms with Crippen molar-refractivity contribution >= 4 is 30.5 Å². The van der Waals surface area contributed by atoms with Gasteiger partial charge in [-0.25, -0.2) is 0 Å². The number of nitrogens with zero attached hydrogens (tertiary/aromatic N) is 2. The summed E-state index contributed by atoms with van der Waals surface area (Å²) in [7, 11) is 0. The lowest BCUT2D eigenvalue weighted by molar-refractivity contribution is 0.00481. The van der Waals surface area contributed by atoms with Crippen LogP contribution in [0.25, 0.3) is 0 Å². The fraction of sp³-hybridized carbons (Fsp3) is 0.280. The number of ether oxygens (including phenoxy) is 1. The zero-order valence-corrected chi connectivity index (χ0v) is 18.5. The van der Waals surface area contributed by atoms with E-state index in [-0.39, 0.29) is 30.9 Å². The number of benzene rings is 3. The van der Waals surface area contributed by atoms with Crippen LogP contribution >= 0.6 is 24.8 Å². The van der Waals surface area contributed by atoms with Crippen LogP contribution < -0.4 is 4.90 Å². The average molecular weight is 443 g/mol. The molecular weight excluding hydrogens is 415 g/mol. The maximum Gasteiger partial charge on any atom is 0.108 e. The Kier molecular flexibility index (Phi) is 7.79. The molecule has 0 saturated carbocycles. The van der Waals surface area contributed by atoms with E-state index in [1.807, 2.05) is 0 Å². The smallest absolute Gasteiger partial charge is 0.108 e. The fourth-order valence-electron chi connectivity index (χ4n) is 4.56. The largest absolute Gasteiger partial charge is 0.369 e. The molecule has 30 heavy (non-hydrogen) atoms. The van der Waals surface area contributed by atoms with Crippen LogP contribution in [0, 0.1) is 0 Å². The number of anilines is 1. The van der Waals surface area contributed by atoms with Crippen molar-refractivity contribution in [1.29, 1.82) is 0 Å². The summed E-state index contributed by atoms with van der Waals surface area (Å²) < 4.78 is 6.41. The lowest BCUT2D eigenvalue weighted by Gasteiger charge is -2.43. The molecule has 5 rings (SSSR count). The second kappa shape index (κ2) is 10.3. The summed E-state index contributed by atoms with van der Waals surface area (Å²) in [6.07, 6.45) is 0.0410. The highest BCUT2D eigenvalue weighted by Crippen LogP contribution is 2.39. The second-order valence-electron chi connectivity index (χ2n) is 7.63. The standard InChI is InChI=1S/C25H26N2O.2ClH/c1-3-9-20(10-4-1)25-23-14-8-7-13-22(23)24(19-28-25)27-17-15-26(16-18-27)21-11-5-2-6-12-21;;/h1-14,24-25H,15-19H2;2*1H. The van der Waals surface area contributed by atoms with Crippen LogP contribution in [-0.4, -0.2) is 37.7 Å². The molecule has 1 saturated heterocycles. The van der Waals surface area contributed by atoms with Crippen molar-refractivity contribution in [3.8, 4) is 0 Å². The lowest BCUT2D eigenvalue weighted by atomic mass is 9.89. The number of para-hydroxylation sites is 1. The molecule has 3 aromatic carbocycles. The lowest BCUT2D eigenvalue weighted by Crippen LogP contribution is -2.49. The van der Waals surface area contributed by atoms with Gasteiger partial charge < -0.3 is 9.64 Å².